The number of hydrogen-bond acceptors (Lipinski definition) is 5. The molecule has 0 unspecified atom stereocenters. The number of aromatic nitrogens is 3. The zero-order valence-electron chi connectivity index (χ0n) is 14.3. The van der Waals surface area contributed by atoms with Crippen LogP contribution in [-0.4, -0.2) is 32.3 Å². The molecule has 0 bridgehead atoms. The Labute approximate surface area is 172 Å². The highest BCUT2D eigenvalue weighted by atomic mass is 79.9. The van der Waals surface area contributed by atoms with Gasteiger partial charge in [0.05, 0.1) is 27.9 Å². The van der Waals surface area contributed by atoms with Crippen molar-refractivity contribution in [1.82, 2.24) is 14.8 Å². The third-order valence-corrected chi connectivity index (χ3v) is 4.54. The number of carboxylic acids is 1. The maximum atomic E-state index is 12.0. The predicted octanol–water partition coefficient (Wildman–Crippen LogP) is 3.86. The highest BCUT2D eigenvalue weighted by Gasteiger charge is 2.25. The van der Waals surface area contributed by atoms with Crippen LogP contribution < -0.4 is 4.90 Å². The van der Waals surface area contributed by atoms with Crippen LogP contribution in [0.4, 0.5) is 11.5 Å². The van der Waals surface area contributed by atoms with Crippen molar-refractivity contribution >= 4 is 51.4 Å². The molecule has 140 valence electrons. The molecule has 0 saturated heterocycles. The number of carboxylic acid groups (broad SMARTS) is 1. The number of nitrogens with zero attached hydrogens (tertiary/aromatic N) is 5. The van der Waals surface area contributed by atoms with Crippen LogP contribution in [0.15, 0.2) is 41.1 Å². The zero-order chi connectivity index (χ0) is 20.4. The van der Waals surface area contributed by atoms with Crippen molar-refractivity contribution in [3.8, 4) is 11.9 Å². The fraction of sp³-hybridized carbons (Fsp3) is 0.0556. The first-order valence-corrected chi connectivity index (χ1v) is 8.93. The lowest BCUT2D eigenvalue weighted by Crippen LogP contribution is -2.22. The summed E-state index contributed by atoms with van der Waals surface area (Å²) in [4.78, 5) is 29.1. The molecule has 0 saturated carbocycles. The number of pyridine rings is 1. The quantitative estimate of drug-likeness (QED) is 0.579. The predicted molar refractivity (Wildman–Crippen MR) is 105 cm³/mol. The van der Waals surface area contributed by atoms with E-state index in [9.17, 15) is 14.7 Å². The highest BCUT2D eigenvalue weighted by Crippen LogP contribution is 2.35. The normalized spacial score (nSPS) is 10.4. The van der Waals surface area contributed by atoms with E-state index < -0.39 is 5.97 Å². The smallest absolute Gasteiger partial charge is 0.337 e. The number of benzene rings is 1. The van der Waals surface area contributed by atoms with Gasteiger partial charge < -0.3 is 5.11 Å². The number of aromatic carboxylic acids is 1. The van der Waals surface area contributed by atoms with Gasteiger partial charge in [0.25, 0.3) is 0 Å². The number of carbonyl (C=O) groups excluding carboxylic acids is 1. The Kier molecular flexibility index (Phi) is 5.44. The first kappa shape index (κ1) is 19.5. The number of rotatable bonds is 5. The van der Waals surface area contributed by atoms with Crippen LogP contribution >= 0.6 is 27.5 Å². The monoisotopic (exact) mass is 459 g/mol. The average molecular weight is 461 g/mol. The van der Waals surface area contributed by atoms with Gasteiger partial charge in [-0.05, 0) is 52.7 Å². The summed E-state index contributed by atoms with van der Waals surface area (Å²) in [6.45, 7) is 1.61. The van der Waals surface area contributed by atoms with E-state index in [-0.39, 0.29) is 28.5 Å². The molecule has 0 atom stereocenters. The number of nitriles is 1. The van der Waals surface area contributed by atoms with Crippen LogP contribution in [0.2, 0.25) is 5.02 Å². The third kappa shape index (κ3) is 3.47. The molecule has 28 heavy (non-hydrogen) atoms. The number of hydrogen-bond donors (Lipinski definition) is 1. The lowest BCUT2D eigenvalue weighted by Gasteiger charge is -2.22. The fourth-order valence-electron chi connectivity index (χ4n) is 2.75. The van der Waals surface area contributed by atoms with Gasteiger partial charge in [-0.2, -0.15) is 15.0 Å². The summed E-state index contributed by atoms with van der Waals surface area (Å²) in [7, 11) is 0. The molecule has 2 heterocycles. The molecule has 10 heteroatoms. The van der Waals surface area contributed by atoms with Crippen molar-refractivity contribution in [2.75, 3.05) is 4.90 Å². The Bertz CT molecular complexity index is 1140. The maximum absolute atomic E-state index is 12.0. The molecular weight excluding hydrogens is 450 g/mol. The lowest BCUT2D eigenvalue weighted by molar-refractivity contribution is -0.106. The van der Waals surface area contributed by atoms with E-state index in [4.69, 9.17) is 16.9 Å². The molecule has 0 radical (unpaired) electrons. The Balaban J connectivity index is 2.28. The molecule has 8 nitrogen and oxygen atoms in total. The van der Waals surface area contributed by atoms with E-state index in [0.717, 1.165) is 4.90 Å². The summed E-state index contributed by atoms with van der Waals surface area (Å²) in [6, 6.07) is 9.42. The Morgan fingerprint density at radius 3 is 2.79 bits per heavy atom. The van der Waals surface area contributed by atoms with Crippen LogP contribution in [0, 0.1) is 18.3 Å². The Hall–Kier alpha value is -3.22. The van der Waals surface area contributed by atoms with Gasteiger partial charge >= 0.3 is 5.97 Å². The second-order valence-corrected chi connectivity index (χ2v) is 6.85. The summed E-state index contributed by atoms with van der Waals surface area (Å²) >= 11 is 9.47. The van der Waals surface area contributed by atoms with Crippen molar-refractivity contribution in [1.29, 1.82) is 5.26 Å². The second-order valence-electron chi connectivity index (χ2n) is 5.63. The van der Waals surface area contributed by atoms with Crippen LogP contribution in [0.5, 0.6) is 0 Å². The molecular formula is C18H11BrClN5O3. The minimum atomic E-state index is -1.27. The van der Waals surface area contributed by atoms with E-state index in [1.165, 1.54) is 29.1 Å². The molecule has 1 amide bonds. The molecule has 0 aliphatic heterocycles. The van der Waals surface area contributed by atoms with Crippen LogP contribution in [0.3, 0.4) is 0 Å². The SMILES string of the molecule is Cc1cc(C#N)cc(C(=O)O)c1N(C=O)c1cc(Br)nn1-c1ncccc1Cl. The molecule has 2 aromatic heterocycles. The first-order chi connectivity index (χ1) is 13.4. The second kappa shape index (κ2) is 7.80. The van der Waals surface area contributed by atoms with Gasteiger partial charge in [0.1, 0.15) is 10.4 Å². The molecule has 3 rings (SSSR count). The van der Waals surface area contributed by atoms with Gasteiger partial charge in [-0.1, -0.05) is 11.6 Å². The van der Waals surface area contributed by atoms with Gasteiger partial charge in [-0.3, -0.25) is 9.69 Å². The summed E-state index contributed by atoms with van der Waals surface area (Å²) in [5.74, 6) is -0.791. The molecule has 0 aliphatic rings. The molecule has 0 spiro atoms. The highest BCUT2D eigenvalue weighted by molar-refractivity contribution is 9.10. The lowest BCUT2D eigenvalue weighted by atomic mass is 10.0. The summed E-state index contributed by atoms with van der Waals surface area (Å²) in [5.41, 5.74) is 0.522. The maximum Gasteiger partial charge on any atom is 0.337 e. The van der Waals surface area contributed by atoms with Crippen LogP contribution in [-0.2, 0) is 4.79 Å². The number of amides is 1. The van der Waals surface area contributed by atoms with E-state index >= 15 is 0 Å². The first-order valence-electron chi connectivity index (χ1n) is 7.76. The van der Waals surface area contributed by atoms with E-state index in [0.29, 0.717) is 21.6 Å². The van der Waals surface area contributed by atoms with Gasteiger partial charge in [0.15, 0.2) is 5.82 Å². The Morgan fingerprint density at radius 1 is 1.43 bits per heavy atom. The van der Waals surface area contributed by atoms with Crippen LogP contribution in [0.1, 0.15) is 21.5 Å². The van der Waals surface area contributed by atoms with Crippen LogP contribution in [0.25, 0.3) is 5.82 Å². The van der Waals surface area contributed by atoms with Gasteiger partial charge in [0, 0.05) is 12.3 Å². The minimum Gasteiger partial charge on any atom is -0.478 e. The largest absolute Gasteiger partial charge is 0.478 e. The van der Waals surface area contributed by atoms with E-state index in [1.807, 2.05) is 6.07 Å². The Morgan fingerprint density at radius 2 is 2.18 bits per heavy atom. The fourth-order valence-corrected chi connectivity index (χ4v) is 3.32. The third-order valence-electron chi connectivity index (χ3n) is 3.85. The summed E-state index contributed by atoms with van der Waals surface area (Å²) in [5, 5.41) is 23.3. The number of halogens is 2. The number of carbonyl (C=O) groups is 2. The van der Waals surface area contributed by atoms with Crippen molar-refractivity contribution in [2.24, 2.45) is 0 Å². The molecule has 3 aromatic rings. The summed E-state index contributed by atoms with van der Waals surface area (Å²) in [6.07, 6.45) is 1.99. The van der Waals surface area contributed by atoms with Gasteiger partial charge in [0.2, 0.25) is 6.41 Å². The molecule has 0 aliphatic carbocycles. The molecule has 1 N–H and O–H groups in total. The average Bonchev–Trinajstić information content (AvgIpc) is 3.04. The van der Waals surface area contributed by atoms with Gasteiger partial charge in [-0.15, -0.1) is 0 Å². The van der Waals surface area contributed by atoms with E-state index in [1.54, 1.807) is 19.1 Å². The summed E-state index contributed by atoms with van der Waals surface area (Å²) < 4.78 is 1.71. The number of anilines is 2. The van der Waals surface area contributed by atoms with E-state index in [2.05, 4.69) is 26.0 Å². The van der Waals surface area contributed by atoms with Crippen molar-refractivity contribution < 1.29 is 14.7 Å². The zero-order valence-corrected chi connectivity index (χ0v) is 16.6. The number of aryl methyl sites for hydroxylation is 1. The minimum absolute atomic E-state index is 0.113. The van der Waals surface area contributed by atoms with Crippen molar-refractivity contribution in [2.45, 2.75) is 6.92 Å². The van der Waals surface area contributed by atoms with Crippen molar-refractivity contribution in [3.63, 3.8) is 0 Å². The standard InChI is InChI=1S/C18H11BrClN5O3/c1-10-5-11(8-21)6-12(18(27)28)16(10)24(9-26)15-7-14(19)23-25(15)17-13(20)3-2-4-22-17/h2-7,9H,1H3,(H,27,28). The molecule has 1 aromatic carbocycles. The van der Waals surface area contributed by atoms with Gasteiger partial charge in [-0.25, -0.2) is 9.78 Å². The topological polar surface area (TPSA) is 112 Å². The molecule has 0 fully saturated rings. The van der Waals surface area contributed by atoms with Crippen molar-refractivity contribution in [3.05, 3.63) is 62.8 Å².